The molecular formula is C5H13NOY-2. The van der Waals surface area contributed by atoms with E-state index in [4.69, 9.17) is 5.21 Å². The third kappa shape index (κ3) is 15.7. The Hall–Kier alpha value is 1.02. The molecule has 0 amide bonds. The van der Waals surface area contributed by atoms with E-state index in [-0.39, 0.29) is 40.1 Å². The second kappa shape index (κ2) is 6.15. The monoisotopic (exact) mass is 192 g/mol. The van der Waals surface area contributed by atoms with E-state index in [1.807, 2.05) is 5.48 Å². The molecule has 2 N–H and O–H groups in total. The summed E-state index contributed by atoms with van der Waals surface area (Å²) in [5.41, 5.74) is 1.59. The Morgan fingerprint density at radius 2 is 1.62 bits per heavy atom. The van der Waals surface area contributed by atoms with E-state index >= 15 is 0 Å². The molecule has 0 fully saturated rings. The van der Waals surface area contributed by atoms with Gasteiger partial charge in [-0.3, -0.25) is 0 Å². The topological polar surface area (TPSA) is 32.3 Å². The van der Waals surface area contributed by atoms with Crippen LogP contribution < -0.4 is 5.48 Å². The smallest absolute Gasteiger partial charge is 0 e. The van der Waals surface area contributed by atoms with Crippen molar-refractivity contribution in [1.82, 2.24) is 5.48 Å². The van der Waals surface area contributed by atoms with Gasteiger partial charge in [-0.15, -0.1) is 0 Å². The van der Waals surface area contributed by atoms with Crippen molar-refractivity contribution in [3.05, 3.63) is 14.4 Å². The van der Waals surface area contributed by atoms with Crippen LogP contribution >= 0.6 is 0 Å². The molecule has 0 aromatic carbocycles. The molecule has 0 heterocycles. The van der Waals surface area contributed by atoms with Gasteiger partial charge in [0, 0.05) is 32.7 Å². The van der Waals surface area contributed by atoms with Crippen LogP contribution in [0.25, 0.3) is 0 Å². The van der Waals surface area contributed by atoms with Crippen molar-refractivity contribution in [1.29, 1.82) is 0 Å². The van der Waals surface area contributed by atoms with Crippen LogP contribution in [0.4, 0.5) is 0 Å². The molecule has 0 aliphatic carbocycles. The molecule has 0 unspecified atom stereocenters. The number of rotatable bonds is 1. The molecule has 0 rings (SSSR count). The normalized spacial score (nSPS) is 9.00. The average Bonchev–Trinajstić information content (AvgIpc) is 1.35. The Morgan fingerprint density at radius 1 is 1.50 bits per heavy atom. The number of hydrogen-bond donors (Lipinski definition) is 2. The maximum absolute atomic E-state index is 8.09. The number of nitrogens with one attached hydrogen (secondary N) is 1. The molecule has 0 saturated heterocycles. The van der Waals surface area contributed by atoms with Crippen LogP contribution in [0, 0.1) is 14.4 Å². The molecule has 8 heavy (non-hydrogen) atoms. The molecule has 3 heteroatoms. The van der Waals surface area contributed by atoms with Gasteiger partial charge in [0.25, 0.3) is 0 Å². The van der Waals surface area contributed by atoms with Gasteiger partial charge in [-0.25, -0.2) is 5.48 Å². The second-order valence-electron chi connectivity index (χ2n) is 2.00. The Balaban J connectivity index is -0.000000125. The quantitative estimate of drug-likeness (QED) is 0.480. The second-order valence-corrected chi connectivity index (χ2v) is 2.00. The minimum atomic E-state index is -0.403. The first-order chi connectivity index (χ1) is 2.56. The first-order valence-corrected chi connectivity index (χ1v) is 1.83. The summed E-state index contributed by atoms with van der Waals surface area (Å²) >= 11 is 0. The van der Waals surface area contributed by atoms with Crippen molar-refractivity contribution in [2.24, 2.45) is 0 Å². The molecule has 0 aromatic heterocycles. The van der Waals surface area contributed by atoms with Gasteiger partial charge >= 0.3 is 0 Å². The van der Waals surface area contributed by atoms with Gasteiger partial charge in [0.15, 0.2) is 0 Å². The van der Waals surface area contributed by atoms with Gasteiger partial charge in [0.05, 0.1) is 0 Å². The Labute approximate surface area is 76.9 Å². The molecule has 0 aliphatic heterocycles. The van der Waals surface area contributed by atoms with Gasteiger partial charge < -0.3 is 19.6 Å². The third-order valence-corrected chi connectivity index (χ3v) is 0.303. The molecule has 0 bridgehead atoms. The summed E-state index contributed by atoms with van der Waals surface area (Å²) in [5, 5.41) is 8.09. The summed E-state index contributed by atoms with van der Waals surface area (Å²) in [6.07, 6.45) is 0. The zero-order chi connectivity index (χ0) is 5.21. The van der Waals surface area contributed by atoms with Gasteiger partial charge in [-0.1, -0.05) is 19.4 Å². The number of hydroxylamine groups is 1. The zero-order valence-corrected chi connectivity index (χ0v) is 8.57. The Morgan fingerprint density at radius 3 is 1.62 bits per heavy atom. The molecule has 0 saturated carbocycles. The van der Waals surface area contributed by atoms with Gasteiger partial charge in [-0.05, 0) is 0 Å². The van der Waals surface area contributed by atoms with E-state index in [0.29, 0.717) is 0 Å². The Bertz CT molecular complexity index is 42.2. The predicted molar refractivity (Wildman–Crippen MR) is 30.8 cm³/mol. The zero-order valence-electron chi connectivity index (χ0n) is 5.73. The standard InChI is InChI=1S/C4H10NO.CH3.Y/c1-4(2,3)5-6;;/h5-6H,1H2,2-3H3;1H3;/q2*-1;. The van der Waals surface area contributed by atoms with E-state index in [1.54, 1.807) is 13.8 Å². The van der Waals surface area contributed by atoms with Crippen LogP contribution in [0.3, 0.4) is 0 Å². The summed E-state index contributed by atoms with van der Waals surface area (Å²) in [7, 11) is 0. The van der Waals surface area contributed by atoms with Crippen molar-refractivity contribution in [2.45, 2.75) is 19.4 Å². The molecule has 0 aliphatic rings. The molecule has 0 spiro atoms. The van der Waals surface area contributed by atoms with Gasteiger partial charge in [0.1, 0.15) is 0 Å². The van der Waals surface area contributed by atoms with Crippen molar-refractivity contribution >= 4 is 0 Å². The summed E-state index contributed by atoms with van der Waals surface area (Å²) in [5.74, 6) is 0. The molecular weight excluding hydrogens is 179 g/mol. The van der Waals surface area contributed by atoms with Crippen LogP contribution in [-0.4, -0.2) is 10.7 Å². The van der Waals surface area contributed by atoms with Crippen LogP contribution in [0.2, 0.25) is 0 Å². The van der Waals surface area contributed by atoms with Crippen LogP contribution in [0.5, 0.6) is 0 Å². The minimum absolute atomic E-state index is 0. The van der Waals surface area contributed by atoms with Gasteiger partial charge in [-0.2, -0.15) is 0 Å². The number of hydrogen-bond acceptors (Lipinski definition) is 2. The fraction of sp³-hybridized carbons (Fsp3) is 0.600. The fourth-order valence-corrected chi connectivity index (χ4v) is 0. The summed E-state index contributed by atoms with van der Waals surface area (Å²) in [6.45, 7) is 7.07. The molecule has 0 atom stereocenters. The predicted octanol–water partition coefficient (Wildman–Crippen LogP) is 1.03. The first-order valence-electron chi connectivity index (χ1n) is 1.83. The van der Waals surface area contributed by atoms with Crippen molar-refractivity contribution in [3.8, 4) is 0 Å². The van der Waals surface area contributed by atoms with E-state index in [1.165, 1.54) is 0 Å². The molecule has 2 nitrogen and oxygen atoms in total. The molecule has 1 radical (unpaired) electrons. The van der Waals surface area contributed by atoms with E-state index in [0.717, 1.165) is 0 Å². The SMILES string of the molecule is [CH2-]C(C)(C)NO.[CH3-].[Y]. The largest absolute Gasteiger partial charge is 0.358 e. The summed E-state index contributed by atoms with van der Waals surface area (Å²) < 4.78 is 0. The van der Waals surface area contributed by atoms with Crippen LogP contribution in [-0.2, 0) is 32.7 Å². The van der Waals surface area contributed by atoms with E-state index in [2.05, 4.69) is 6.92 Å². The fourth-order valence-electron chi connectivity index (χ4n) is 0. The minimum Gasteiger partial charge on any atom is -0.358 e. The molecule has 0 aromatic rings. The van der Waals surface area contributed by atoms with E-state index < -0.39 is 5.54 Å². The summed E-state index contributed by atoms with van der Waals surface area (Å²) in [4.78, 5) is 0. The maximum Gasteiger partial charge on any atom is 0 e. The molecule has 49 valence electrons. The average molecular weight is 192 g/mol. The van der Waals surface area contributed by atoms with E-state index in [9.17, 15) is 0 Å². The van der Waals surface area contributed by atoms with Crippen molar-refractivity contribution < 1.29 is 37.9 Å². The van der Waals surface area contributed by atoms with Crippen molar-refractivity contribution in [3.63, 3.8) is 0 Å². The van der Waals surface area contributed by atoms with Crippen LogP contribution in [0.15, 0.2) is 0 Å². The Kier molecular flexibility index (Phi) is 12.3. The summed E-state index contributed by atoms with van der Waals surface area (Å²) in [6, 6.07) is 0. The van der Waals surface area contributed by atoms with Crippen LogP contribution in [0.1, 0.15) is 13.8 Å². The first kappa shape index (κ1) is 16.0. The van der Waals surface area contributed by atoms with Crippen molar-refractivity contribution in [2.75, 3.05) is 0 Å². The maximum atomic E-state index is 8.09. The van der Waals surface area contributed by atoms with Gasteiger partial charge in [0.2, 0.25) is 0 Å². The third-order valence-electron chi connectivity index (χ3n) is 0.303.